The predicted octanol–water partition coefficient (Wildman–Crippen LogP) is 0.245. The van der Waals surface area contributed by atoms with E-state index in [9.17, 15) is 9.59 Å². The Morgan fingerprint density at radius 3 is 2.76 bits per heavy atom. The van der Waals surface area contributed by atoms with Gasteiger partial charge in [0, 0.05) is 25.6 Å². The molecule has 1 aliphatic rings. The van der Waals surface area contributed by atoms with Crippen molar-refractivity contribution < 1.29 is 14.7 Å². The van der Waals surface area contributed by atoms with Gasteiger partial charge in [-0.3, -0.25) is 4.79 Å². The van der Waals surface area contributed by atoms with Gasteiger partial charge in [0.1, 0.15) is 0 Å². The molecule has 1 fully saturated rings. The van der Waals surface area contributed by atoms with Crippen LogP contribution < -0.4 is 10.6 Å². The van der Waals surface area contributed by atoms with Crippen LogP contribution in [0.1, 0.15) is 25.7 Å². The molecule has 0 aromatic heterocycles. The van der Waals surface area contributed by atoms with E-state index in [1.165, 1.54) is 6.42 Å². The number of nitrogens with zero attached hydrogens (tertiary/aromatic N) is 1. The van der Waals surface area contributed by atoms with E-state index in [-0.39, 0.29) is 12.5 Å². The van der Waals surface area contributed by atoms with Crippen LogP contribution in [0, 0.1) is 0 Å². The average Bonchev–Trinajstić information content (AvgIpc) is 2.67. The molecular formula is C11H21N3O3. The molecule has 0 bridgehead atoms. The van der Waals surface area contributed by atoms with Crippen LogP contribution in [0.5, 0.6) is 0 Å². The quantitative estimate of drug-likeness (QED) is 0.584. The van der Waals surface area contributed by atoms with E-state index >= 15 is 0 Å². The fourth-order valence-electron chi connectivity index (χ4n) is 1.95. The van der Waals surface area contributed by atoms with E-state index in [1.807, 2.05) is 0 Å². The van der Waals surface area contributed by atoms with Crippen molar-refractivity contribution in [1.82, 2.24) is 15.5 Å². The summed E-state index contributed by atoms with van der Waals surface area (Å²) >= 11 is 0. The number of aliphatic carboxylic acids is 1. The summed E-state index contributed by atoms with van der Waals surface area (Å²) in [5.41, 5.74) is 0. The summed E-state index contributed by atoms with van der Waals surface area (Å²) in [6, 6.07) is 0.218. The molecule has 1 atom stereocenters. The molecule has 2 amide bonds. The lowest BCUT2D eigenvalue weighted by atomic mass is 10.2. The molecule has 1 saturated heterocycles. The molecule has 1 unspecified atom stereocenters. The van der Waals surface area contributed by atoms with Crippen molar-refractivity contribution in [2.24, 2.45) is 0 Å². The lowest BCUT2D eigenvalue weighted by Gasteiger charge is -2.19. The number of likely N-dealkylation sites (tertiary alicyclic amines) is 1. The molecule has 6 nitrogen and oxygen atoms in total. The Balaban J connectivity index is 2.03. The molecule has 6 heteroatoms. The van der Waals surface area contributed by atoms with Gasteiger partial charge in [-0.1, -0.05) is 0 Å². The van der Waals surface area contributed by atoms with Crippen LogP contribution in [-0.2, 0) is 4.79 Å². The van der Waals surface area contributed by atoms with Crippen LogP contribution in [-0.4, -0.2) is 54.7 Å². The fourth-order valence-corrected chi connectivity index (χ4v) is 1.95. The summed E-state index contributed by atoms with van der Waals surface area (Å²) in [6.07, 6.45) is 2.86. The number of nitrogens with one attached hydrogen (secondary N) is 2. The Bertz CT molecular complexity index is 271. The van der Waals surface area contributed by atoms with Gasteiger partial charge in [-0.2, -0.15) is 0 Å². The van der Waals surface area contributed by atoms with E-state index < -0.39 is 5.97 Å². The van der Waals surface area contributed by atoms with E-state index in [0.29, 0.717) is 25.6 Å². The molecule has 3 N–H and O–H groups in total. The van der Waals surface area contributed by atoms with Crippen molar-refractivity contribution in [2.75, 3.05) is 26.7 Å². The van der Waals surface area contributed by atoms with Gasteiger partial charge in [0.15, 0.2) is 0 Å². The first-order chi connectivity index (χ1) is 8.09. The van der Waals surface area contributed by atoms with Gasteiger partial charge >= 0.3 is 12.0 Å². The van der Waals surface area contributed by atoms with Crippen molar-refractivity contribution in [3.05, 3.63) is 0 Å². The number of rotatable bonds is 6. The highest BCUT2D eigenvalue weighted by molar-refractivity contribution is 5.74. The Morgan fingerprint density at radius 1 is 1.41 bits per heavy atom. The Morgan fingerprint density at radius 2 is 2.18 bits per heavy atom. The highest BCUT2D eigenvalue weighted by Gasteiger charge is 2.20. The second-order valence-electron chi connectivity index (χ2n) is 4.41. The SMILES string of the molecule is CN1CCCC1CNC(=O)NCCCC(=O)O. The lowest BCUT2D eigenvalue weighted by Crippen LogP contribution is -2.43. The molecule has 17 heavy (non-hydrogen) atoms. The molecule has 98 valence electrons. The number of hydrogen-bond donors (Lipinski definition) is 3. The third-order valence-corrected chi connectivity index (χ3v) is 3.02. The molecule has 0 radical (unpaired) electrons. The van der Waals surface area contributed by atoms with Crippen molar-refractivity contribution in [2.45, 2.75) is 31.7 Å². The van der Waals surface area contributed by atoms with E-state index in [4.69, 9.17) is 5.11 Å². The zero-order valence-corrected chi connectivity index (χ0v) is 10.2. The number of carboxylic acids is 1. The number of hydrogen-bond acceptors (Lipinski definition) is 3. The molecule has 1 rings (SSSR count). The minimum Gasteiger partial charge on any atom is -0.481 e. The molecular weight excluding hydrogens is 222 g/mol. The summed E-state index contributed by atoms with van der Waals surface area (Å²) < 4.78 is 0. The van der Waals surface area contributed by atoms with Gasteiger partial charge in [0.2, 0.25) is 0 Å². The lowest BCUT2D eigenvalue weighted by molar-refractivity contribution is -0.137. The second-order valence-corrected chi connectivity index (χ2v) is 4.41. The topological polar surface area (TPSA) is 81.7 Å². The van der Waals surface area contributed by atoms with Crippen LogP contribution in [0.15, 0.2) is 0 Å². The van der Waals surface area contributed by atoms with Gasteiger partial charge in [0.05, 0.1) is 0 Å². The standard InChI is InChI=1S/C11H21N3O3/c1-14-7-3-4-9(14)8-13-11(17)12-6-2-5-10(15)16/h9H,2-8H2,1H3,(H,15,16)(H2,12,13,17). The maximum atomic E-state index is 11.4. The van der Waals surface area contributed by atoms with Crippen molar-refractivity contribution >= 4 is 12.0 Å². The number of carboxylic acid groups (broad SMARTS) is 1. The molecule has 1 aliphatic heterocycles. The highest BCUT2D eigenvalue weighted by atomic mass is 16.4. The average molecular weight is 243 g/mol. The Labute approximate surface area is 101 Å². The summed E-state index contributed by atoms with van der Waals surface area (Å²) in [5, 5.41) is 13.9. The summed E-state index contributed by atoms with van der Waals surface area (Å²) in [6.45, 7) is 2.15. The van der Waals surface area contributed by atoms with Crippen molar-refractivity contribution in [3.63, 3.8) is 0 Å². The number of amides is 2. The maximum absolute atomic E-state index is 11.4. The number of likely N-dealkylation sites (N-methyl/N-ethyl adjacent to an activating group) is 1. The zero-order chi connectivity index (χ0) is 12.7. The zero-order valence-electron chi connectivity index (χ0n) is 10.2. The first-order valence-corrected chi connectivity index (χ1v) is 6.03. The molecule has 0 aromatic carbocycles. The number of carbonyl (C=O) groups is 2. The summed E-state index contributed by atoms with van der Waals surface area (Å²) in [4.78, 5) is 23.8. The number of urea groups is 1. The fraction of sp³-hybridized carbons (Fsp3) is 0.818. The van der Waals surface area contributed by atoms with E-state index in [0.717, 1.165) is 13.0 Å². The normalized spacial score (nSPS) is 20.2. The van der Waals surface area contributed by atoms with Gasteiger partial charge in [0.25, 0.3) is 0 Å². The monoisotopic (exact) mass is 243 g/mol. The van der Waals surface area contributed by atoms with Crippen LogP contribution in [0.2, 0.25) is 0 Å². The maximum Gasteiger partial charge on any atom is 0.314 e. The second kappa shape index (κ2) is 7.11. The van der Waals surface area contributed by atoms with Crippen LogP contribution in [0.25, 0.3) is 0 Å². The summed E-state index contributed by atoms with van der Waals surface area (Å²) in [7, 11) is 2.06. The van der Waals surface area contributed by atoms with Gasteiger partial charge in [-0.25, -0.2) is 4.79 Å². The Hall–Kier alpha value is -1.30. The van der Waals surface area contributed by atoms with Crippen LogP contribution in [0.3, 0.4) is 0 Å². The van der Waals surface area contributed by atoms with E-state index in [1.54, 1.807) is 0 Å². The van der Waals surface area contributed by atoms with Crippen LogP contribution >= 0.6 is 0 Å². The largest absolute Gasteiger partial charge is 0.481 e. The smallest absolute Gasteiger partial charge is 0.314 e. The molecule has 0 spiro atoms. The van der Waals surface area contributed by atoms with Crippen LogP contribution in [0.4, 0.5) is 4.79 Å². The minimum atomic E-state index is -0.834. The highest BCUT2D eigenvalue weighted by Crippen LogP contribution is 2.13. The van der Waals surface area contributed by atoms with Gasteiger partial charge in [-0.15, -0.1) is 0 Å². The first kappa shape index (κ1) is 13.8. The molecule has 0 saturated carbocycles. The predicted molar refractivity (Wildman–Crippen MR) is 63.9 cm³/mol. The number of carbonyl (C=O) groups excluding carboxylic acids is 1. The van der Waals surface area contributed by atoms with Crippen molar-refractivity contribution in [3.8, 4) is 0 Å². The van der Waals surface area contributed by atoms with Crippen molar-refractivity contribution in [1.29, 1.82) is 0 Å². The van der Waals surface area contributed by atoms with Gasteiger partial charge in [-0.05, 0) is 32.9 Å². The Kier molecular flexibility index (Phi) is 5.76. The first-order valence-electron chi connectivity index (χ1n) is 6.03. The molecule has 0 aliphatic carbocycles. The summed E-state index contributed by atoms with van der Waals surface area (Å²) in [5.74, 6) is -0.834. The molecule has 1 heterocycles. The van der Waals surface area contributed by atoms with E-state index in [2.05, 4.69) is 22.6 Å². The minimum absolute atomic E-state index is 0.0889. The third-order valence-electron chi connectivity index (χ3n) is 3.02. The molecule has 0 aromatic rings. The van der Waals surface area contributed by atoms with Gasteiger partial charge < -0.3 is 20.6 Å². The third kappa shape index (κ3) is 5.53.